The van der Waals surface area contributed by atoms with Crippen LogP contribution in [0.4, 0.5) is 0 Å². The summed E-state index contributed by atoms with van der Waals surface area (Å²) >= 11 is 0. The molecule has 0 amide bonds. The molecule has 0 aromatic carbocycles. The van der Waals surface area contributed by atoms with Gasteiger partial charge in [0.2, 0.25) is 0 Å². The summed E-state index contributed by atoms with van der Waals surface area (Å²) in [6.07, 6.45) is 0.790. The molecule has 0 fully saturated rings. The molecule has 1 rings (SSSR count). The van der Waals surface area contributed by atoms with Crippen LogP contribution in [-0.4, -0.2) is 17.9 Å². The summed E-state index contributed by atoms with van der Waals surface area (Å²) in [6.45, 7) is 3.91. The maximum atomic E-state index is 10.6. The third-order valence-electron chi connectivity index (χ3n) is 1.77. The molecule has 71 valence electrons. The number of hydrogen-bond donors (Lipinski definition) is 0. The quantitative estimate of drug-likeness (QED) is 0.665. The van der Waals surface area contributed by atoms with E-state index in [0.29, 0.717) is 6.61 Å². The van der Waals surface area contributed by atoms with E-state index in [1.54, 1.807) is 6.20 Å². The first-order valence-electron chi connectivity index (χ1n) is 4.38. The van der Waals surface area contributed by atoms with Crippen LogP contribution in [0.25, 0.3) is 0 Å². The van der Waals surface area contributed by atoms with Crippen molar-refractivity contribution < 1.29 is 9.84 Å². The molecule has 0 bridgehead atoms. The van der Waals surface area contributed by atoms with Gasteiger partial charge in [-0.1, -0.05) is 13.0 Å². The number of rotatable bonds is 4. The molecule has 3 nitrogen and oxygen atoms in total. The highest BCUT2D eigenvalue weighted by molar-refractivity contribution is 5.08. The van der Waals surface area contributed by atoms with Crippen LogP contribution in [0.15, 0.2) is 24.4 Å². The Labute approximate surface area is 78.4 Å². The molecule has 1 radical (unpaired) electrons. The molecule has 0 aliphatic carbocycles. The van der Waals surface area contributed by atoms with E-state index >= 15 is 0 Å². The zero-order chi connectivity index (χ0) is 9.68. The van der Waals surface area contributed by atoms with Crippen molar-refractivity contribution >= 4 is 0 Å². The molecular formula is C10H14NO2. The molecule has 0 saturated carbocycles. The predicted molar refractivity (Wildman–Crippen MR) is 48.8 cm³/mol. The van der Waals surface area contributed by atoms with Gasteiger partial charge in [0, 0.05) is 17.8 Å². The van der Waals surface area contributed by atoms with E-state index in [9.17, 15) is 5.11 Å². The Hall–Kier alpha value is -0.930. The number of ether oxygens (including phenoxy) is 1. The Morgan fingerprint density at radius 1 is 1.46 bits per heavy atom. The summed E-state index contributed by atoms with van der Waals surface area (Å²) in [4.78, 5) is 4.17. The first-order chi connectivity index (χ1) is 6.20. The van der Waals surface area contributed by atoms with Gasteiger partial charge in [-0.05, 0) is 19.1 Å². The summed E-state index contributed by atoms with van der Waals surface area (Å²) in [5.74, 6) is 0.178. The summed E-state index contributed by atoms with van der Waals surface area (Å²) in [5.41, 5.74) is 0.961. The van der Waals surface area contributed by atoms with Gasteiger partial charge in [-0.2, -0.15) is 0 Å². The van der Waals surface area contributed by atoms with Crippen LogP contribution in [0.1, 0.15) is 25.5 Å². The van der Waals surface area contributed by atoms with Crippen molar-refractivity contribution in [2.24, 2.45) is 0 Å². The highest BCUT2D eigenvalue weighted by Gasteiger charge is 2.07. The molecule has 2 unspecified atom stereocenters. The van der Waals surface area contributed by atoms with Crippen LogP contribution >= 0.6 is 0 Å². The second-order valence-corrected chi connectivity index (χ2v) is 3.06. The lowest BCUT2D eigenvalue weighted by Crippen LogP contribution is -2.11. The molecular weight excluding hydrogens is 166 g/mol. The SMILES string of the molecule is CC([O])OCC(C)c1ccccn1. The van der Waals surface area contributed by atoms with Crippen molar-refractivity contribution in [3.63, 3.8) is 0 Å². The lowest BCUT2D eigenvalue weighted by Gasteiger charge is -2.11. The highest BCUT2D eigenvalue weighted by Crippen LogP contribution is 2.12. The molecule has 1 heterocycles. The average molecular weight is 180 g/mol. The first kappa shape index (κ1) is 10.2. The minimum atomic E-state index is -0.953. The van der Waals surface area contributed by atoms with Gasteiger partial charge in [0.15, 0.2) is 6.29 Å². The van der Waals surface area contributed by atoms with Crippen molar-refractivity contribution in [3.8, 4) is 0 Å². The maximum Gasteiger partial charge on any atom is 0.188 e. The molecule has 0 N–H and O–H groups in total. The molecule has 2 atom stereocenters. The van der Waals surface area contributed by atoms with Gasteiger partial charge in [0.05, 0.1) is 6.61 Å². The van der Waals surface area contributed by atoms with E-state index in [1.807, 2.05) is 25.1 Å². The van der Waals surface area contributed by atoms with Crippen LogP contribution in [-0.2, 0) is 9.84 Å². The fourth-order valence-corrected chi connectivity index (χ4v) is 1.03. The maximum absolute atomic E-state index is 10.6. The minimum absolute atomic E-state index is 0.178. The summed E-state index contributed by atoms with van der Waals surface area (Å²) in [6, 6.07) is 5.73. The third kappa shape index (κ3) is 3.53. The standard InChI is InChI=1S/C10H14NO2/c1-8(7-13-9(2)12)10-5-3-4-6-11-10/h3-6,8-9H,7H2,1-2H3. The Morgan fingerprint density at radius 2 is 2.23 bits per heavy atom. The molecule has 13 heavy (non-hydrogen) atoms. The summed E-state index contributed by atoms with van der Waals surface area (Å²) in [7, 11) is 0. The van der Waals surface area contributed by atoms with Gasteiger partial charge >= 0.3 is 0 Å². The van der Waals surface area contributed by atoms with E-state index in [-0.39, 0.29) is 5.92 Å². The largest absolute Gasteiger partial charge is 0.349 e. The highest BCUT2D eigenvalue weighted by atomic mass is 16.6. The van der Waals surface area contributed by atoms with Crippen LogP contribution in [0.3, 0.4) is 0 Å². The molecule has 0 aliphatic rings. The van der Waals surface area contributed by atoms with Gasteiger partial charge in [-0.15, -0.1) is 0 Å². The molecule has 3 heteroatoms. The van der Waals surface area contributed by atoms with E-state index < -0.39 is 6.29 Å². The Kier molecular flexibility index (Phi) is 3.86. The van der Waals surface area contributed by atoms with Crippen molar-refractivity contribution in [2.75, 3.05) is 6.61 Å². The van der Waals surface area contributed by atoms with Crippen LogP contribution in [0, 0.1) is 0 Å². The second-order valence-electron chi connectivity index (χ2n) is 3.06. The molecule has 1 aromatic heterocycles. The second kappa shape index (κ2) is 4.94. The molecule has 0 aliphatic heterocycles. The van der Waals surface area contributed by atoms with Crippen LogP contribution in [0.5, 0.6) is 0 Å². The van der Waals surface area contributed by atoms with Gasteiger partial charge in [-0.3, -0.25) is 4.98 Å². The lowest BCUT2D eigenvalue weighted by molar-refractivity contribution is -0.129. The first-order valence-corrected chi connectivity index (χ1v) is 4.38. The van der Waals surface area contributed by atoms with E-state index in [4.69, 9.17) is 4.74 Å². The van der Waals surface area contributed by atoms with Gasteiger partial charge < -0.3 is 4.74 Å². The van der Waals surface area contributed by atoms with Crippen LogP contribution < -0.4 is 0 Å². The molecule has 0 spiro atoms. The number of pyridine rings is 1. The van der Waals surface area contributed by atoms with E-state index in [1.165, 1.54) is 6.92 Å². The third-order valence-corrected chi connectivity index (χ3v) is 1.77. The number of aromatic nitrogens is 1. The minimum Gasteiger partial charge on any atom is -0.349 e. The van der Waals surface area contributed by atoms with Crippen molar-refractivity contribution in [3.05, 3.63) is 30.1 Å². The van der Waals surface area contributed by atoms with Crippen molar-refractivity contribution in [2.45, 2.75) is 26.1 Å². The Balaban J connectivity index is 2.44. The predicted octanol–water partition coefficient (Wildman–Crippen LogP) is 1.98. The van der Waals surface area contributed by atoms with Gasteiger partial charge in [0.1, 0.15) is 0 Å². The average Bonchev–Trinajstić information content (AvgIpc) is 2.15. The summed E-state index contributed by atoms with van der Waals surface area (Å²) < 4.78 is 4.96. The number of hydrogen-bond acceptors (Lipinski definition) is 2. The van der Waals surface area contributed by atoms with Crippen molar-refractivity contribution in [1.82, 2.24) is 4.98 Å². The monoisotopic (exact) mass is 180 g/mol. The van der Waals surface area contributed by atoms with Gasteiger partial charge in [-0.25, -0.2) is 5.11 Å². The zero-order valence-corrected chi connectivity index (χ0v) is 7.93. The topological polar surface area (TPSA) is 42.0 Å². The molecule has 0 saturated heterocycles. The normalized spacial score (nSPS) is 15.3. The fraction of sp³-hybridized carbons (Fsp3) is 0.500. The zero-order valence-electron chi connectivity index (χ0n) is 7.93. The molecule has 1 aromatic rings. The Morgan fingerprint density at radius 3 is 2.77 bits per heavy atom. The summed E-state index contributed by atoms with van der Waals surface area (Å²) in [5, 5.41) is 10.6. The van der Waals surface area contributed by atoms with E-state index in [2.05, 4.69) is 4.98 Å². The lowest BCUT2D eigenvalue weighted by atomic mass is 10.1. The number of nitrogens with zero attached hydrogens (tertiary/aromatic N) is 1. The Bertz CT molecular complexity index is 236. The smallest absolute Gasteiger partial charge is 0.188 e. The van der Waals surface area contributed by atoms with Gasteiger partial charge in [0.25, 0.3) is 0 Å². The van der Waals surface area contributed by atoms with Crippen molar-refractivity contribution in [1.29, 1.82) is 0 Å². The van der Waals surface area contributed by atoms with E-state index in [0.717, 1.165) is 5.69 Å². The fourth-order valence-electron chi connectivity index (χ4n) is 1.03. The van der Waals surface area contributed by atoms with Crippen LogP contribution in [0.2, 0.25) is 0 Å².